The summed E-state index contributed by atoms with van der Waals surface area (Å²) in [7, 11) is 0. The van der Waals surface area contributed by atoms with E-state index in [2.05, 4.69) is 41.5 Å². The van der Waals surface area contributed by atoms with Crippen molar-refractivity contribution in [3.8, 4) is 0 Å². The smallest absolute Gasteiger partial charge is 0.0499 e. The molecule has 1 aromatic carbocycles. The minimum absolute atomic E-state index is 0.630. The largest absolute Gasteiger partial charge is 0.361 e. The number of aromatic nitrogens is 1. The quantitative estimate of drug-likeness (QED) is 0.842. The van der Waals surface area contributed by atoms with E-state index in [-0.39, 0.29) is 0 Å². The Morgan fingerprint density at radius 2 is 2.05 bits per heavy atom. The Kier molecular flexibility index (Phi) is 3.88. The molecule has 0 saturated heterocycles. The van der Waals surface area contributed by atoms with Crippen molar-refractivity contribution in [1.29, 1.82) is 0 Å². The molecule has 2 nitrogen and oxygen atoms in total. The molecule has 0 aliphatic heterocycles. The molecule has 102 valence electrons. The minimum Gasteiger partial charge on any atom is -0.361 e. The second-order valence-corrected chi connectivity index (χ2v) is 5.93. The highest BCUT2D eigenvalue weighted by Crippen LogP contribution is 2.26. The molecule has 2 heteroatoms. The van der Waals surface area contributed by atoms with E-state index in [0.717, 1.165) is 12.5 Å². The van der Waals surface area contributed by atoms with Gasteiger partial charge in [0.05, 0.1) is 0 Å². The van der Waals surface area contributed by atoms with Gasteiger partial charge in [-0.25, -0.2) is 0 Å². The highest BCUT2D eigenvalue weighted by Gasteiger charge is 2.19. The Hall–Kier alpha value is -1.28. The number of hydrogen-bond donors (Lipinski definition) is 2. The highest BCUT2D eigenvalue weighted by atomic mass is 14.9. The van der Waals surface area contributed by atoms with Gasteiger partial charge in [0.15, 0.2) is 0 Å². The molecule has 1 aliphatic carbocycles. The van der Waals surface area contributed by atoms with Crippen molar-refractivity contribution in [3.63, 3.8) is 0 Å². The molecule has 1 fully saturated rings. The first-order valence-corrected chi connectivity index (χ1v) is 7.63. The average molecular weight is 256 g/mol. The number of H-pyrrole nitrogens is 1. The van der Waals surface area contributed by atoms with Gasteiger partial charge in [0, 0.05) is 24.3 Å². The van der Waals surface area contributed by atoms with Crippen LogP contribution >= 0.6 is 0 Å². The van der Waals surface area contributed by atoms with Crippen LogP contribution in [-0.2, 0) is 6.54 Å². The van der Waals surface area contributed by atoms with Gasteiger partial charge in [0.2, 0.25) is 0 Å². The first-order chi connectivity index (χ1) is 9.34. The molecule has 19 heavy (non-hydrogen) atoms. The van der Waals surface area contributed by atoms with Gasteiger partial charge in [-0.3, -0.25) is 0 Å². The van der Waals surface area contributed by atoms with E-state index in [1.54, 1.807) is 0 Å². The van der Waals surface area contributed by atoms with E-state index < -0.39 is 0 Å². The topological polar surface area (TPSA) is 27.8 Å². The van der Waals surface area contributed by atoms with Crippen molar-refractivity contribution in [2.24, 2.45) is 5.92 Å². The van der Waals surface area contributed by atoms with Crippen molar-refractivity contribution in [2.75, 3.05) is 0 Å². The van der Waals surface area contributed by atoms with Crippen LogP contribution in [0.4, 0.5) is 0 Å². The summed E-state index contributed by atoms with van der Waals surface area (Å²) < 4.78 is 0. The first-order valence-electron chi connectivity index (χ1n) is 7.63. The van der Waals surface area contributed by atoms with E-state index >= 15 is 0 Å². The van der Waals surface area contributed by atoms with E-state index in [1.165, 1.54) is 48.6 Å². The third kappa shape index (κ3) is 2.84. The molecule has 0 spiro atoms. The normalized spacial score (nSPS) is 18.8. The van der Waals surface area contributed by atoms with Crippen molar-refractivity contribution < 1.29 is 0 Å². The average Bonchev–Trinajstić information content (AvgIpc) is 2.94. The van der Waals surface area contributed by atoms with Crippen LogP contribution in [0.1, 0.15) is 44.6 Å². The third-order valence-electron chi connectivity index (χ3n) is 4.64. The molecule has 2 N–H and O–H groups in total. The molecule has 0 amide bonds. The SMILES string of the molecule is C[C@H](NCc1cccc2cc[nH]c12)C1CCCCC1. The molecule has 1 aliphatic rings. The Bertz CT molecular complexity index is 523. The molecular weight excluding hydrogens is 232 g/mol. The zero-order valence-electron chi connectivity index (χ0n) is 11.8. The number of fused-ring (bicyclic) bond motifs is 1. The van der Waals surface area contributed by atoms with Crippen LogP contribution in [0.25, 0.3) is 10.9 Å². The summed E-state index contributed by atoms with van der Waals surface area (Å²) in [6.07, 6.45) is 9.11. The van der Waals surface area contributed by atoms with Gasteiger partial charge in [-0.05, 0) is 42.7 Å². The van der Waals surface area contributed by atoms with E-state index in [1.807, 2.05) is 6.20 Å². The summed E-state index contributed by atoms with van der Waals surface area (Å²) in [4.78, 5) is 3.35. The lowest BCUT2D eigenvalue weighted by Crippen LogP contribution is -2.34. The number of aromatic amines is 1. The molecule has 0 radical (unpaired) electrons. The van der Waals surface area contributed by atoms with E-state index in [0.29, 0.717) is 6.04 Å². The fraction of sp³-hybridized carbons (Fsp3) is 0.529. The van der Waals surface area contributed by atoms with Crippen LogP contribution in [-0.4, -0.2) is 11.0 Å². The van der Waals surface area contributed by atoms with Crippen LogP contribution in [0.3, 0.4) is 0 Å². The molecule has 1 heterocycles. The van der Waals surface area contributed by atoms with Crippen molar-refractivity contribution >= 4 is 10.9 Å². The zero-order valence-corrected chi connectivity index (χ0v) is 11.8. The number of rotatable bonds is 4. The van der Waals surface area contributed by atoms with Gasteiger partial charge in [-0.1, -0.05) is 37.5 Å². The van der Waals surface area contributed by atoms with Crippen LogP contribution in [0.15, 0.2) is 30.5 Å². The van der Waals surface area contributed by atoms with E-state index in [4.69, 9.17) is 0 Å². The second-order valence-electron chi connectivity index (χ2n) is 5.93. The molecule has 1 aromatic heterocycles. The summed E-state index contributed by atoms with van der Waals surface area (Å²) in [6, 6.07) is 9.31. The molecule has 0 bridgehead atoms. The molecule has 1 atom stereocenters. The van der Waals surface area contributed by atoms with Gasteiger partial charge in [0.25, 0.3) is 0 Å². The standard InChI is InChI=1S/C17H24N2/c1-13(14-6-3-2-4-7-14)19-12-16-9-5-8-15-10-11-18-17(15)16/h5,8-11,13-14,18-19H,2-4,6-7,12H2,1H3/t13-/m0/s1. The van der Waals surface area contributed by atoms with Crippen LogP contribution in [0, 0.1) is 5.92 Å². The predicted molar refractivity (Wildman–Crippen MR) is 81.2 cm³/mol. The van der Waals surface area contributed by atoms with Gasteiger partial charge in [-0.2, -0.15) is 0 Å². The number of hydrogen-bond acceptors (Lipinski definition) is 1. The van der Waals surface area contributed by atoms with Crippen molar-refractivity contribution in [3.05, 3.63) is 36.0 Å². The van der Waals surface area contributed by atoms with Crippen LogP contribution < -0.4 is 5.32 Å². The molecular formula is C17H24N2. The minimum atomic E-state index is 0.630. The second kappa shape index (κ2) is 5.79. The maximum Gasteiger partial charge on any atom is 0.0499 e. The van der Waals surface area contributed by atoms with Crippen molar-refractivity contribution in [1.82, 2.24) is 10.3 Å². The lowest BCUT2D eigenvalue weighted by molar-refractivity contribution is 0.281. The van der Waals surface area contributed by atoms with Gasteiger partial charge < -0.3 is 10.3 Å². The fourth-order valence-electron chi connectivity index (χ4n) is 3.37. The zero-order chi connectivity index (χ0) is 13.1. The Labute approximate surface area is 115 Å². The maximum atomic E-state index is 3.73. The first kappa shape index (κ1) is 12.7. The maximum absolute atomic E-state index is 3.73. The monoisotopic (exact) mass is 256 g/mol. The molecule has 1 saturated carbocycles. The summed E-state index contributed by atoms with van der Waals surface area (Å²) in [6.45, 7) is 3.32. The molecule has 0 unspecified atom stereocenters. The number of benzene rings is 1. The van der Waals surface area contributed by atoms with Crippen molar-refractivity contribution in [2.45, 2.75) is 51.6 Å². The van der Waals surface area contributed by atoms with Crippen LogP contribution in [0.5, 0.6) is 0 Å². The molecule has 2 aromatic rings. The Morgan fingerprint density at radius 1 is 1.21 bits per heavy atom. The van der Waals surface area contributed by atoms with Gasteiger partial charge >= 0.3 is 0 Å². The summed E-state index contributed by atoms with van der Waals surface area (Å²) >= 11 is 0. The van der Waals surface area contributed by atoms with Gasteiger partial charge in [0.1, 0.15) is 0 Å². The fourth-order valence-corrected chi connectivity index (χ4v) is 3.37. The lowest BCUT2D eigenvalue weighted by atomic mass is 9.84. The number of para-hydroxylation sites is 1. The summed E-state index contributed by atoms with van der Waals surface area (Å²) in [5, 5.41) is 5.04. The Morgan fingerprint density at radius 3 is 2.89 bits per heavy atom. The Balaban J connectivity index is 1.63. The summed E-state index contributed by atoms with van der Waals surface area (Å²) in [5.74, 6) is 0.872. The lowest BCUT2D eigenvalue weighted by Gasteiger charge is -2.28. The van der Waals surface area contributed by atoms with E-state index in [9.17, 15) is 0 Å². The van der Waals surface area contributed by atoms with Gasteiger partial charge in [-0.15, -0.1) is 0 Å². The summed E-state index contributed by atoms with van der Waals surface area (Å²) in [5.41, 5.74) is 2.66. The van der Waals surface area contributed by atoms with Crippen LogP contribution in [0.2, 0.25) is 0 Å². The number of nitrogens with one attached hydrogen (secondary N) is 2. The highest BCUT2D eigenvalue weighted by molar-refractivity contribution is 5.82. The predicted octanol–water partition coefficient (Wildman–Crippen LogP) is 4.23. The third-order valence-corrected chi connectivity index (χ3v) is 4.64. The molecule has 3 rings (SSSR count).